The number of halogens is 2. The van der Waals surface area contributed by atoms with Crippen molar-refractivity contribution in [1.82, 2.24) is 5.32 Å². The first kappa shape index (κ1) is 14.3. The minimum atomic E-state index is -0.134. The SMILES string of the molecule is CCCNCC1(c2c(F)cccc2Cl)CC2(CCC2)C1. The molecular weight excluding hydrogens is 273 g/mol. The maximum Gasteiger partial charge on any atom is 0.128 e. The van der Waals surface area contributed by atoms with Crippen LogP contribution in [0.1, 0.15) is 51.0 Å². The summed E-state index contributed by atoms with van der Waals surface area (Å²) in [4.78, 5) is 0. The van der Waals surface area contributed by atoms with Crippen molar-refractivity contribution in [2.24, 2.45) is 5.41 Å². The molecule has 2 saturated carbocycles. The average Bonchev–Trinajstić information content (AvgIpc) is 2.31. The highest BCUT2D eigenvalue weighted by Gasteiger charge is 2.58. The predicted octanol–water partition coefficient (Wildman–Crippen LogP) is 4.68. The molecule has 3 rings (SSSR count). The number of hydrogen-bond acceptors (Lipinski definition) is 1. The highest BCUT2D eigenvalue weighted by Crippen LogP contribution is 2.65. The summed E-state index contributed by atoms with van der Waals surface area (Å²) in [6.45, 7) is 3.99. The second-order valence-corrected chi connectivity index (χ2v) is 7.17. The zero-order valence-corrected chi connectivity index (χ0v) is 12.9. The van der Waals surface area contributed by atoms with Crippen molar-refractivity contribution in [2.45, 2.75) is 50.9 Å². The third kappa shape index (κ3) is 2.27. The van der Waals surface area contributed by atoms with Crippen molar-refractivity contribution in [3.63, 3.8) is 0 Å². The van der Waals surface area contributed by atoms with E-state index in [1.807, 2.05) is 6.07 Å². The van der Waals surface area contributed by atoms with Gasteiger partial charge in [0.25, 0.3) is 0 Å². The minimum absolute atomic E-state index is 0.0853. The normalized spacial score (nSPS) is 22.4. The van der Waals surface area contributed by atoms with Crippen LogP contribution < -0.4 is 5.32 Å². The van der Waals surface area contributed by atoms with Gasteiger partial charge in [-0.3, -0.25) is 0 Å². The van der Waals surface area contributed by atoms with Crippen LogP contribution in [0.2, 0.25) is 5.02 Å². The topological polar surface area (TPSA) is 12.0 Å². The molecule has 2 aliphatic carbocycles. The van der Waals surface area contributed by atoms with Gasteiger partial charge in [-0.25, -0.2) is 4.39 Å². The molecule has 0 saturated heterocycles. The van der Waals surface area contributed by atoms with Crippen molar-refractivity contribution in [1.29, 1.82) is 0 Å². The second kappa shape index (κ2) is 5.31. The van der Waals surface area contributed by atoms with Crippen LogP contribution >= 0.6 is 11.6 Å². The van der Waals surface area contributed by atoms with Crippen molar-refractivity contribution in [3.8, 4) is 0 Å². The van der Waals surface area contributed by atoms with Gasteiger partial charge in [-0.2, -0.15) is 0 Å². The van der Waals surface area contributed by atoms with Gasteiger partial charge in [0.15, 0.2) is 0 Å². The fourth-order valence-corrected chi connectivity index (χ4v) is 4.68. The van der Waals surface area contributed by atoms with Crippen LogP contribution in [0.3, 0.4) is 0 Å². The Labute approximate surface area is 125 Å². The third-order valence-corrected chi connectivity index (χ3v) is 5.54. The predicted molar refractivity (Wildman–Crippen MR) is 81.8 cm³/mol. The lowest BCUT2D eigenvalue weighted by atomic mass is 9.43. The molecule has 0 aromatic heterocycles. The maximum absolute atomic E-state index is 14.3. The summed E-state index contributed by atoms with van der Waals surface area (Å²) in [5.41, 5.74) is 1.17. The molecular formula is C17H23ClFN. The van der Waals surface area contributed by atoms with Crippen LogP contribution in [0.5, 0.6) is 0 Å². The smallest absolute Gasteiger partial charge is 0.128 e. The number of hydrogen-bond donors (Lipinski definition) is 1. The quantitative estimate of drug-likeness (QED) is 0.778. The first-order valence-electron chi connectivity index (χ1n) is 7.76. The Hall–Kier alpha value is -0.600. The van der Waals surface area contributed by atoms with E-state index in [1.165, 1.54) is 19.3 Å². The molecule has 0 atom stereocenters. The molecule has 110 valence electrons. The Balaban J connectivity index is 1.86. The van der Waals surface area contributed by atoms with Crippen molar-refractivity contribution >= 4 is 11.6 Å². The fourth-order valence-electron chi connectivity index (χ4n) is 4.31. The van der Waals surface area contributed by atoms with E-state index in [9.17, 15) is 4.39 Å². The van der Waals surface area contributed by atoms with E-state index in [2.05, 4.69) is 12.2 Å². The van der Waals surface area contributed by atoms with Crippen LogP contribution in [-0.4, -0.2) is 13.1 Å². The highest BCUT2D eigenvalue weighted by molar-refractivity contribution is 6.31. The van der Waals surface area contributed by atoms with E-state index in [4.69, 9.17) is 11.6 Å². The molecule has 3 heteroatoms. The third-order valence-electron chi connectivity index (χ3n) is 5.22. The van der Waals surface area contributed by atoms with Gasteiger partial charge in [0, 0.05) is 22.5 Å². The van der Waals surface area contributed by atoms with Gasteiger partial charge >= 0.3 is 0 Å². The van der Waals surface area contributed by atoms with Crippen molar-refractivity contribution < 1.29 is 4.39 Å². The zero-order valence-electron chi connectivity index (χ0n) is 12.1. The van der Waals surface area contributed by atoms with Crippen molar-refractivity contribution in [3.05, 3.63) is 34.6 Å². The summed E-state index contributed by atoms with van der Waals surface area (Å²) >= 11 is 6.33. The second-order valence-electron chi connectivity index (χ2n) is 6.76. The van der Waals surface area contributed by atoms with Crippen LogP contribution in [0.15, 0.2) is 18.2 Å². The number of rotatable bonds is 5. The highest BCUT2D eigenvalue weighted by atomic mass is 35.5. The largest absolute Gasteiger partial charge is 0.316 e. The van der Waals surface area contributed by atoms with Crippen LogP contribution in [-0.2, 0) is 5.41 Å². The van der Waals surface area contributed by atoms with E-state index in [0.717, 1.165) is 37.9 Å². The molecule has 0 radical (unpaired) electrons. The summed E-state index contributed by atoms with van der Waals surface area (Å²) in [6, 6.07) is 5.08. The van der Waals surface area contributed by atoms with Gasteiger partial charge in [0.05, 0.1) is 0 Å². The Morgan fingerprint density at radius 1 is 1.30 bits per heavy atom. The average molecular weight is 296 g/mol. The Morgan fingerprint density at radius 3 is 2.60 bits per heavy atom. The molecule has 2 fully saturated rings. The molecule has 1 aromatic rings. The molecule has 1 aromatic carbocycles. The summed E-state index contributed by atoms with van der Waals surface area (Å²) < 4.78 is 14.3. The molecule has 1 N–H and O–H groups in total. The van der Waals surface area contributed by atoms with Gasteiger partial charge in [-0.05, 0) is 56.2 Å². The monoisotopic (exact) mass is 295 g/mol. The molecule has 0 aliphatic heterocycles. The molecule has 2 aliphatic rings. The lowest BCUT2D eigenvalue weighted by molar-refractivity contribution is -0.0495. The first-order chi connectivity index (χ1) is 9.61. The Kier molecular flexibility index (Phi) is 3.81. The number of nitrogens with one attached hydrogen (secondary N) is 1. The molecule has 1 nitrogen and oxygen atoms in total. The van der Waals surface area contributed by atoms with Crippen LogP contribution in [0, 0.1) is 11.2 Å². The molecule has 20 heavy (non-hydrogen) atoms. The van der Waals surface area contributed by atoms with E-state index in [0.29, 0.717) is 10.4 Å². The van der Waals surface area contributed by atoms with Crippen molar-refractivity contribution in [2.75, 3.05) is 13.1 Å². The first-order valence-corrected chi connectivity index (χ1v) is 8.14. The standard InChI is InChI=1S/C17H23ClFN/c1-2-9-20-12-17(10-16(11-17)7-4-8-16)15-13(18)5-3-6-14(15)19/h3,5-6,20H,2,4,7-12H2,1H3. The summed E-state index contributed by atoms with van der Waals surface area (Å²) in [5, 5.41) is 4.09. The Morgan fingerprint density at radius 2 is 2.05 bits per heavy atom. The van der Waals surface area contributed by atoms with Gasteiger partial charge in [-0.15, -0.1) is 0 Å². The van der Waals surface area contributed by atoms with Crippen LogP contribution in [0.25, 0.3) is 0 Å². The molecule has 0 heterocycles. The van der Waals surface area contributed by atoms with Gasteiger partial charge in [-0.1, -0.05) is 31.0 Å². The summed E-state index contributed by atoms with van der Waals surface area (Å²) in [6.07, 6.45) is 7.26. The van der Waals surface area contributed by atoms with E-state index < -0.39 is 0 Å². The lowest BCUT2D eigenvalue weighted by Crippen LogP contribution is -2.57. The zero-order chi connectivity index (χ0) is 14.2. The molecule has 0 amide bonds. The maximum atomic E-state index is 14.3. The fraction of sp³-hybridized carbons (Fsp3) is 0.647. The van der Waals surface area contributed by atoms with E-state index >= 15 is 0 Å². The van der Waals surface area contributed by atoms with E-state index in [1.54, 1.807) is 12.1 Å². The summed E-state index contributed by atoms with van der Waals surface area (Å²) in [5.74, 6) is -0.134. The molecule has 0 unspecified atom stereocenters. The molecule has 1 spiro atoms. The van der Waals surface area contributed by atoms with Gasteiger partial charge < -0.3 is 5.32 Å². The number of benzene rings is 1. The minimum Gasteiger partial charge on any atom is -0.316 e. The van der Waals surface area contributed by atoms with Crippen LogP contribution in [0.4, 0.5) is 4.39 Å². The molecule has 0 bridgehead atoms. The summed E-state index contributed by atoms with van der Waals surface area (Å²) in [7, 11) is 0. The van der Waals surface area contributed by atoms with Gasteiger partial charge in [0.2, 0.25) is 0 Å². The van der Waals surface area contributed by atoms with Gasteiger partial charge in [0.1, 0.15) is 5.82 Å². The van der Waals surface area contributed by atoms with E-state index in [-0.39, 0.29) is 11.2 Å². The Bertz CT molecular complexity index is 468. The lowest BCUT2D eigenvalue weighted by Gasteiger charge is -2.62.